The second-order valence-electron chi connectivity index (χ2n) is 7.66. The predicted octanol–water partition coefficient (Wildman–Crippen LogP) is 5.09. The molecule has 27 heavy (non-hydrogen) atoms. The van der Waals surface area contributed by atoms with Crippen LogP contribution in [0.3, 0.4) is 0 Å². The third kappa shape index (κ3) is 3.69. The molecule has 0 N–H and O–H groups in total. The van der Waals surface area contributed by atoms with Crippen LogP contribution < -0.4 is 0 Å². The highest BCUT2D eigenvalue weighted by molar-refractivity contribution is 9.10. The van der Waals surface area contributed by atoms with Crippen molar-refractivity contribution in [2.45, 2.75) is 43.2 Å². The maximum absolute atomic E-state index is 13.2. The van der Waals surface area contributed by atoms with E-state index in [2.05, 4.69) is 29.8 Å². The fourth-order valence-electron chi connectivity index (χ4n) is 3.31. The van der Waals surface area contributed by atoms with E-state index in [1.54, 1.807) is 49.5 Å². The number of hydrogen-bond donors (Lipinski definition) is 0. The molecule has 1 heterocycles. The fourth-order valence-corrected chi connectivity index (χ4v) is 5.97. The van der Waals surface area contributed by atoms with E-state index in [0.29, 0.717) is 23.4 Å². The molecule has 3 rings (SSSR count). The summed E-state index contributed by atoms with van der Waals surface area (Å²) < 4.78 is 26.8. The zero-order chi connectivity index (χ0) is 19.8. The Morgan fingerprint density at radius 2 is 2.00 bits per heavy atom. The number of benzene rings is 1. The molecule has 1 aromatic carbocycles. The third-order valence-electron chi connectivity index (χ3n) is 4.97. The van der Waals surface area contributed by atoms with Crippen molar-refractivity contribution in [1.29, 1.82) is 0 Å². The molecule has 0 radical (unpaired) electrons. The summed E-state index contributed by atoms with van der Waals surface area (Å²) in [5.41, 5.74) is 1.18. The third-order valence-corrected chi connectivity index (χ3v) is 8.08. The maximum atomic E-state index is 13.2. The van der Waals surface area contributed by atoms with Gasteiger partial charge in [-0.25, -0.2) is 12.4 Å². The Morgan fingerprint density at radius 1 is 1.26 bits per heavy atom. The zero-order valence-corrected chi connectivity index (χ0v) is 18.1. The number of fused-ring (bicyclic) bond motifs is 1. The molecule has 2 aromatic rings. The Hall–Kier alpha value is -1.66. The number of carbonyl (C=O) groups is 1. The van der Waals surface area contributed by atoms with Crippen molar-refractivity contribution in [2.75, 3.05) is 0 Å². The van der Waals surface area contributed by atoms with Gasteiger partial charge in [-0.05, 0) is 49.9 Å². The van der Waals surface area contributed by atoms with Crippen molar-refractivity contribution in [1.82, 2.24) is 3.97 Å². The SMILES string of the molecule is CC(C)CC(Br)C(=O)c1ccc2c(ccn2S(=O)(=O)C2(C)C=CC=CC2)c1. The van der Waals surface area contributed by atoms with Crippen LogP contribution in [0.5, 0.6) is 0 Å². The number of rotatable bonds is 6. The minimum Gasteiger partial charge on any atom is -0.293 e. The molecule has 6 heteroatoms. The largest absolute Gasteiger partial charge is 0.293 e. The Bertz CT molecular complexity index is 1030. The van der Waals surface area contributed by atoms with E-state index in [4.69, 9.17) is 0 Å². The van der Waals surface area contributed by atoms with Crippen LogP contribution in [0, 0.1) is 5.92 Å². The lowest BCUT2D eigenvalue weighted by Gasteiger charge is -2.27. The van der Waals surface area contributed by atoms with E-state index < -0.39 is 14.8 Å². The quantitative estimate of drug-likeness (QED) is 0.455. The van der Waals surface area contributed by atoms with Crippen molar-refractivity contribution in [3.8, 4) is 0 Å². The van der Waals surface area contributed by atoms with Crippen molar-refractivity contribution in [3.05, 3.63) is 60.3 Å². The molecular formula is C21H24BrNO3S. The Balaban J connectivity index is 1.98. The highest BCUT2D eigenvalue weighted by Gasteiger charge is 2.38. The summed E-state index contributed by atoms with van der Waals surface area (Å²) in [5, 5.41) is 0.743. The Morgan fingerprint density at radius 3 is 2.63 bits per heavy atom. The first-order valence-corrected chi connectivity index (χ1v) is 11.4. The summed E-state index contributed by atoms with van der Waals surface area (Å²) in [6.07, 6.45) is 9.99. The van der Waals surface area contributed by atoms with Gasteiger partial charge in [0, 0.05) is 17.1 Å². The molecule has 1 aliphatic carbocycles. The molecule has 1 aromatic heterocycles. The van der Waals surface area contributed by atoms with Gasteiger partial charge < -0.3 is 0 Å². The minimum absolute atomic E-state index is 0.0218. The van der Waals surface area contributed by atoms with Gasteiger partial charge in [0.1, 0.15) is 4.75 Å². The molecule has 0 saturated heterocycles. The Kier molecular flexibility index (Phi) is 5.50. The second kappa shape index (κ2) is 7.40. The van der Waals surface area contributed by atoms with Crippen LogP contribution in [-0.4, -0.2) is 27.7 Å². The summed E-state index contributed by atoms with van der Waals surface area (Å²) in [5.74, 6) is 0.431. The van der Waals surface area contributed by atoms with Crippen molar-refractivity contribution in [2.24, 2.45) is 5.92 Å². The number of hydrogen-bond acceptors (Lipinski definition) is 3. The number of halogens is 1. The lowest BCUT2D eigenvalue weighted by atomic mass is 10.0. The summed E-state index contributed by atoms with van der Waals surface area (Å²) in [6, 6.07) is 6.96. The van der Waals surface area contributed by atoms with Crippen LogP contribution >= 0.6 is 15.9 Å². The van der Waals surface area contributed by atoms with Gasteiger partial charge >= 0.3 is 0 Å². The van der Waals surface area contributed by atoms with Gasteiger partial charge in [-0.15, -0.1) is 0 Å². The van der Waals surface area contributed by atoms with Crippen molar-refractivity contribution < 1.29 is 13.2 Å². The average molecular weight is 450 g/mol. The summed E-state index contributed by atoms with van der Waals surface area (Å²) in [7, 11) is -3.63. The van der Waals surface area contributed by atoms with E-state index in [1.807, 2.05) is 12.2 Å². The molecule has 0 fully saturated rings. The van der Waals surface area contributed by atoms with Gasteiger partial charge in [0.2, 0.25) is 10.0 Å². The van der Waals surface area contributed by atoms with Crippen LogP contribution in [0.1, 0.15) is 44.0 Å². The van der Waals surface area contributed by atoms with Crippen LogP contribution in [0.25, 0.3) is 10.9 Å². The van der Waals surface area contributed by atoms with E-state index in [9.17, 15) is 13.2 Å². The van der Waals surface area contributed by atoms with Gasteiger partial charge in [0.25, 0.3) is 0 Å². The number of allylic oxidation sites excluding steroid dienone is 3. The molecule has 0 saturated carbocycles. The number of carbonyl (C=O) groups excluding carboxylic acids is 1. The molecule has 0 amide bonds. The lowest BCUT2D eigenvalue weighted by molar-refractivity contribution is 0.0984. The van der Waals surface area contributed by atoms with Crippen LogP contribution in [0.4, 0.5) is 0 Å². The maximum Gasteiger partial charge on any atom is 0.248 e. The molecule has 144 valence electrons. The minimum atomic E-state index is -3.63. The van der Waals surface area contributed by atoms with Crippen LogP contribution in [0.2, 0.25) is 0 Å². The number of aromatic nitrogens is 1. The molecule has 2 unspecified atom stereocenters. The molecule has 2 atom stereocenters. The number of nitrogens with zero attached hydrogens (tertiary/aromatic N) is 1. The van der Waals surface area contributed by atoms with E-state index in [0.717, 1.165) is 11.8 Å². The lowest BCUT2D eigenvalue weighted by Crippen LogP contribution is -2.37. The highest BCUT2D eigenvalue weighted by Crippen LogP contribution is 2.32. The number of ketones is 1. The van der Waals surface area contributed by atoms with Gasteiger partial charge in [-0.3, -0.25) is 4.79 Å². The smallest absolute Gasteiger partial charge is 0.248 e. The molecule has 0 bridgehead atoms. The van der Waals surface area contributed by atoms with E-state index >= 15 is 0 Å². The summed E-state index contributed by atoms with van der Waals surface area (Å²) in [4.78, 5) is 12.4. The Labute approximate surface area is 169 Å². The van der Waals surface area contributed by atoms with Crippen molar-refractivity contribution >= 4 is 42.6 Å². The highest BCUT2D eigenvalue weighted by atomic mass is 79.9. The molecular weight excluding hydrogens is 426 g/mol. The summed E-state index contributed by atoms with van der Waals surface area (Å²) >= 11 is 3.48. The predicted molar refractivity (Wildman–Crippen MR) is 114 cm³/mol. The topological polar surface area (TPSA) is 56.1 Å². The van der Waals surface area contributed by atoms with Gasteiger partial charge in [0.15, 0.2) is 5.78 Å². The molecule has 4 nitrogen and oxygen atoms in total. The zero-order valence-electron chi connectivity index (χ0n) is 15.7. The number of alkyl halides is 1. The molecule has 1 aliphatic rings. The molecule has 0 spiro atoms. The van der Waals surface area contributed by atoms with Crippen LogP contribution in [-0.2, 0) is 10.0 Å². The number of Topliss-reactive ketones (excluding diaryl/α,β-unsaturated/α-hetero) is 1. The van der Waals surface area contributed by atoms with E-state index in [1.165, 1.54) is 3.97 Å². The molecule has 0 aliphatic heterocycles. The fraction of sp³-hybridized carbons (Fsp3) is 0.381. The van der Waals surface area contributed by atoms with Crippen molar-refractivity contribution in [3.63, 3.8) is 0 Å². The van der Waals surface area contributed by atoms with Crippen LogP contribution in [0.15, 0.2) is 54.8 Å². The normalized spacial score (nSPS) is 21.1. The average Bonchev–Trinajstić information content (AvgIpc) is 3.04. The first-order valence-electron chi connectivity index (χ1n) is 9.04. The first-order chi connectivity index (χ1) is 12.7. The van der Waals surface area contributed by atoms with E-state index in [-0.39, 0.29) is 10.6 Å². The summed E-state index contributed by atoms with van der Waals surface area (Å²) in [6.45, 7) is 5.88. The van der Waals surface area contributed by atoms with Gasteiger partial charge in [-0.1, -0.05) is 54.1 Å². The second-order valence-corrected chi connectivity index (χ2v) is 11.0. The first kappa shape index (κ1) is 20.1. The van der Waals surface area contributed by atoms with Gasteiger partial charge in [0.05, 0.1) is 10.3 Å². The standard InChI is InChI=1S/C21H24BrNO3S/c1-15(2)13-18(22)20(24)17-7-8-19-16(14-17)9-12-23(19)27(25,26)21(3)10-5-4-6-11-21/h4-10,12,14-15,18H,11,13H2,1-3H3. The van der Waals surface area contributed by atoms with Gasteiger partial charge in [-0.2, -0.15) is 0 Å². The monoisotopic (exact) mass is 449 g/mol.